The molecule has 0 aliphatic carbocycles. The predicted molar refractivity (Wildman–Crippen MR) is 112 cm³/mol. The number of hydroxylamine groups is 1. The number of amides is 3. The SMILES string of the molecule is CCn1c2ccccc2c2cc(NC(=O)N3C=C(NOC)CC3C(N)=O)ccc21. The van der Waals surface area contributed by atoms with Crippen molar-refractivity contribution in [3.05, 3.63) is 54.4 Å². The van der Waals surface area contributed by atoms with E-state index < -0.39 is 18.0 Å². The van der Waals surface area contributed by atoms with Crippen LogP contribution in [-0.2, 0) is 16.2 Å². The van der Waals surface area contributed by atoms with Crippen LogP contribution in [0.1, 0.15) is 13.3 Å². The lowest BCUT2D eigenvalue weighted by molar-refractivity contribution is -0.121. The van der Waals surface area contributed by atoms with Gasteiger partial charge >= 0.3 is 6.03 Å². The lowest BCUT2D eigenvalue weighted by Gasteiger charge is -2.21. The van der Waals surface area contributed by atoms with Crippen molar-refractivity contribution in [3.63, 3.8) is 0 Å². The van der Waals surface area contributed by atoms with Crippen LogP contribution in [0.25, 0.3) is 21.8 Å². The Morgan fingerprint density at radius 1 is 1.17 bits per heavy atom. The van der Waals surface area contributed by atoms with Crippen molar-refractivity contribution in [1.29, 1.82) is 0 Å². The fraction of sp³-hybridized carbons (Fsp3) is 0.238. The normalized spacial score (nSPS) is 16.3. The maximum atomic E-state index is 12.8. The quantitative estimate of drug-likeness (QED) is 0.580. The summed E-state index contributed by atoms with van der Waals surface area (Å²) in [5.41, 5.74) is 11.6. The van der Waals surface area contributed by atoms with Crippen molar-refractivity contribution in [3.8, 4) is 0 Å². The monoisotopic (exact) mass is 393 g/mol. The van der Waals surface area contributed by atoms with Gasteiger partial charge < -0.3 is 15.6 Å². The summed E-state index contributed by atoms with van der Waals surface area (Å²) in [4.78, 5) is 30.8. The van der Waals surface area contributed by atoms with E-state index in [1.165, 1.54) is 18.2 Å². The zero-order chi connectivity index (χ0) is 20.5. The summed E-state index contributed by atoms with van der Waals surface area (Å²) in [7, 11) is 1.46. The average Bonchev–Trinajstić information content (AvgIpc) is 3.27. The Kier molecular flexibility index (Phi) is 4.85. The van der Waals surface area contributed by atoms with Crippen LogP contribution >= 0.6 is 0 Å². The van der Waals surface area contributed by atoms with E-state index in [2.05, 4.69) is 34.4 Å². The number of aromatic nitrogens is 1. The molecular weight excluding hydrogens is 370 g/mol. The van der Waals surface area contributed by atoms with E-state index in [-0.39, 0.29) is 6.42 Å². The molecule has 0 saturated heterocycles. The van der Waals surface area contributed by atoms with Gasteiger partial charge in [-0.05, 0) is 31.2 Å². The Labute approximate surface area is 167 Å². The minimum Gasteiger partial charge on any atom is -0.368 e. The number of hydrogen-bond donors (Lipinski definition) is 3. The van der Waals surface area contributed by atoms with Gasteiger partial charge in [-0.1, -0.05) is 18.2 Å². The third-order valence-corrected chi connectivity index (χ3v) is 5.18. The number of hydrogen-bond acceptors (Lipinski definition) is 4. The average molecular weight is 393 g/mol. The van der Waals surface area contributed by atoms with E-state index in [1.54, 1.807) is 0 Å². The first-order valence-corrected chi connectivity index (χ1v) is 9.42. The molecule has 8 nitrogen and oxygen atoms in total. The molecule has 3 aromatic rings. The zero-order valence-electron chi connectivity index (χ0n) is 16.3. The summed E-state index contributed by atoms with van der Waals surface area (Å²) in [6.45, 7) is 2.96. The highest BCUT2D eigenvalue weighted by molar-refractivity contribution is 6.09. The first-order valence-electron chi connectivity index (χ1n) is 9.42. The first kappa shape index (κ1) is 18.8. The number of nitrogens with one attached hydrogen (secondary N) is 2. The summed E-state index contributed by atoms with van der Waals surface area (Å²) >= 11 is 0. The number of rotatable bonds is 5. The number of anilines is 1. The fourth-order valence-electron chi connectivity index (χ4n) is 3.91. The van der Waals surface area contributed by atoms with E-state index in [4.69, 9.17) is 10.6 Å². The van der Waals surface area contributed by atoms with E-state index in [1.807, 2.05) is 30.3 Å². The second-order valence-corrected chi connectivity index (χ2v) is 6.91. The second kappa shape index (κ2) is 7.48. The molecule has 8 heteroatoms. The number of aryl methyl sites for hydroxylation is 1. The van der Waals surface area contributed by atoms with Crippen LogP contribution in [0.2, 0.25) is 0 Å². The molecule has 150 valence electrons. The van der Waals surface area contributed by atoms with Crippen molar-refractivity contribution < 1.29 is 14.4 Å². The number of primary amides is 1. The summed E-state index contributed by atoms with van der Waals surface area (Å²) < 4.78 is 2.24. The minimum absolute atomic E-state index is 0.277. The number of fused-ring (bicyclic) bond motifs is 3. The van der Waals surface area contributed by atoms with Crippen LogP contribution in [0.3, 0.4) is 0 Å². The maximum Gasteiger partial charge on any atom is 0.326 e. The third kappa shape index (κ3) is 3.27. The van der Waals surface area contributed by atoms with Gasteiger partial charge in [-0.15, -0.1) is 0 Å². The van der Waals surface area contributed by atoms with Gasteiger partial charge in [-0.25, -0.2) is 4.79 Å². The number of nitrogens with two attached hydrogens (primary N) is 1. The van der Waals surface area contributed by atoms with Crippen LogP contribution in [0.5, 0.6) is 0 Å². The molecule has 2 heterocycles. The predicted octanol–water partition coefficient (Wildman–Crippen LogP) is 2.90. The van der Waals surface area contributed by atoms with Crippen molar-refractivity contribution in [2.24, 2.45) is 5.73 Å². The molecular formula is C21H23N5O3. The number of nitrogens with zero attached hydrogens (tertiary/aromatic N) is 2. The molecule has 2 aromatic carbocycles. The Hall–Kier alpha value is -3.52. The van der Waals surface area contributed by atoms with Gasteiger partial charge in [0.1, 0.15) is 6.04 Å². The number of carbonyl (C=O) groups excluding carboxylic acids is 2. The Balaban J connectivity index is 1.66. The maximum absolute atomic E-state index is 12.8. The number of para-hydroxylation sites is 1. The van der Waals surface area contributed by atoms with Crippen LogP contribution in [0.4, 0.5) is 10.5 Å². The van der Waals surface area contributed by atoms with Crippen LogP contribution in [0, 0.1) is 0 Å². The summed E-state index contributed by atoms with van der Waals surface area (Å²) in [5.74, 6) is -0.578. The molecule has 1 aromatic heterocycles. The molecule has 0 fully saturated rings. The van der Waals surface area contributed by atoms with Crippen molar-refractivity contribution >= 4 is 39.4 Å². The van der Waals surface area contributed by atoms with E-state index in [0.717, 1.165) is 28.4 Å². The molecule has 29 heavy (non-hydrogen) atoms. The highest BCUT2D eigenvalue weighted by Crippen LogP contribution is 2.31. The molecule has 1 atom stereocenters. The van der Waals surface area contributed by atoms with Crippen molar-refractivity contribution in [1.82, 2.24) is 14.9 Å². The van der Waals surface area contributed by atoms with Gasteiger partial charge in [0.25, 0.3) is 0 Å². The molecule has 1 aliphatic heterocycles. The molecule has 3 amide bonds. The van der Waals surface area contributed by atoms with Crippen molar-refractivity contribution in [2.45, 2.75) is 25.9 Å². The highest BCUT2D eigenvalue weighted by atomic mass is 16.6. The number of urea groups is 1. The van der Waals surface area contributed by atoms with E-state index in [9.17, 15) is 9.59 Å². The van der Waals surface area contributed by atoms with Gasteiger partial charge in [0.2, 0.25) is 5.91 Å². The highest BCUT2D eigenvalue weighted by Gasteiger charge is 2.33. The molecule has 1 unspecified atom stereocenters. The molecule has 1 aliphatic rings. The van der Waals surface area contributed by atoms with Gasteiger partial charge in [0, 0.05) is 46.7 Å². The smallest absolute Gasteiger partial charge is 0.326 e. The van der Waals surface area contributed by atoms with E-state index >= 15 is 0 Å². The fourth-order valence-corrected chi connectivity index (χ4v) is 3.91. The van der Waals surface area contributed by atoms with Crippen LogP contribution < -0.4 is 16.5 Å². The van der Waals surface area contributed by atoms with Gasteiger partial charge in [-0.2, -0.15) is 0 Å². The summed E-state index contributed by atoms with van der Waals surface area (Å²) in [5, 5.41) is 5.06. The zero-order valence-corrected chi connectivity index (χ0v) is 16.3. The molecule has 0 bridgehead atoms. The molecule has 4 N–H and O–H groups in total. The van der Waals surface area contributed by atoms with Crippen molar-refractivity contribution in [2.75, 3.05) is 12.4 Å². The summed E-state index contributed by atoms with van der Waals surface area (Å²) in [6, 6.07) is 12.8. The van der Waals surface area contributed by atoms with Crippen LogP contribution in [0.15, 0.2) is 54.4 Å². The lowest BCUT2D eigenvalue weighted by atomic mass is 10.1. The number of benzene rings is 2. The van der Waals surface area contributed by atoms with Crippen LogP contribution in [-0.4, -0.2) is 34.6 Å². The Morgan fingerprint density at radius 3 is 2.66 bits per heavy atom. The Bertz CT molecular complexity index is 1130. The summed E-state index contributed by atoms with van der Waals surface area (Å²) in [6.07, 6.45) is 1.81. The topological polar surface area (TPSA) is 102 Å². The minimum atomic E-state index is -0.765. The van der Waals surface area contributed by atoms with Gasteiger partial charge in [0.15, 0.2) is 0 Å². The second-order valence-electron chi connectivity index (χ2n) is 6.91. The van der Waals surface area contributed by atoms with E-state index in [0.29, 0.717) is 11.4 Å². The third-order valence-electron chi connectivity index (χ3n) is 5.18. The largest absolute Gasteiger partial charge is 0.368 e. The number of carbonyl (C=O) groups is 2. The lowest BCUT2D eigenvalue weighted by Crippen LogP contribution is -2.44. The molecule has 0 radical (unpaired) electrons. The van der Waals surface area contributed by atoms with Gasteiger partial charge in [0.05, 0.1) is 12.8 Å². The van der Waals surface area contributed by atoms with Gasteiger partial charge in [-0.3, -0.25) is 20.0 Å². The first-order chi connectivity index (χ1) is 14.0. The molecule has 0 saturated carbocycles. The molecule has 4 rings (SSSR count). The Morgan fingerprint density at radius 2 is 1.93 bits per heavy atom. The molecule has 0 spiro atoms. The standard InChI is InChI=1S/C21H23N5O3/c1-3-25-17-7-5-4-6-15(17)16-10-13(8-9-18(16)25)23-21(28)26-12-14(24-29-2)11-19(26)20(22)27/h4-10,12,19,24H,3,11H2,1-2H3,(H2,22,27)(H,23,28).